The Bertz CT molecular complexity index is 709. The molecule has 1 aromatic carbocycles. The summed E-state index contributed by atoms with van der Waals surface area (Å²) in [6.07, 6.45) is 4.60. The van der Waals surface area contributed by atoms with E-state index in [0.29, 0.717) is 6.61 Å². The summed E-state index contributed by atoms with van der Waals surface area (Å²) in [5.41, 5.74) is 8.54. The highest BCUT2D eigenvalue weighted by atomic mass is 35.5. The number of nitrogens with zero attached hydrogens (tertiary/aromatic N) is 2. The van der Waals surface area contributed by atoms with Gasteiger partial charge >= 0.3 is 0 Å². The number of halogens is 2. The number of likely N-dealkylation sites (tertiary alicyclic amines) is 1. The van der Waals surface area contributed by atoms with Crippen LogP contribution < -0.4 is 10.5 Å². The van der Waals surface area contributed by atoms with Crippen LogP contribution in [0.15, 0.2) is 42.7 Å². The SMILES string of the molecule is CC1(C)CN(Cc2cc(Cl)ccc2OCc2cccnc2)CCC1N.Cl. The molecule has 0 aliphatic carbocycles. The quantitative estimate of drug-likeness (QED) is 0.819. The number of hydrogen-bond acceptors (Lipinski definition) is 4. The van der Waals surface area contributed by atoms with E-state index < -0.39 is 0 Å². The van der Waals surface area contributed by atoms with E-state index in [2.05, 4.69) is 23.7 Å². The summed E-state index contributed by atoms with van der Waals surface area (Å²) in [7, 11) is 0. The summed E-state index contributed by atoms with van der Waals surface area (Å²) in [5, 5.41) is 0.733. The average molecular weight is 396 g/mol. The molecule has 1 unspecified atom stereocenters. The second-order valence-corrected chi connectivity index (χ2v) is 7.93. The number of pyridine rings is 1. The highest BCUT2D eigenvalue weighted by Gasteiger charge is 2.33. The molecule has 2 heterocycles. The largest absolute Gasteiger partial charge is 0.489 e. The third-order valence-corrected chi connectivity index (χ3v) is 5.16. The Morgan fingerprint density at radius 3 is 2.85 bits per heavy atom. The number of ether oxygens (including phenoxy) is 1. The molecule has 2 aromatic rings. The fourth-order valence-electron chi connectivity index (χ4n) is 3.32. The number of hydrogen-bond donors (Lipinski definition) is 1. The van der Waals surface area contributed by atoms with Gasteiger partial charge in [-0.3, -0.25) is 9.88 Å². The van der Waals surface area contributed by atoms with Crippen molar-refractivity contribution in [3.63, 3.8) is 0 Å². The third kappa shape index (κ3) is 5.34. The molecule has 1 aliphatic heterocycles. The van der Waals surface area contributed by atoms with Crippen molar-refractivity contribution in [3.8, 4) is 5.75 Å². The summed E-state index contributed by atoms with van der Waals surface area (Å²) in [4.78, 5) is 6.57. The van der Waals surface area contributed by atoms with Gasteiger partial charge in [0.15, 0.2) is 0 Å². The number of rotatable bonds is 5. The van der Waals surface area contributed by atoms with E-state index in [1.807, 2.05) is 36.5 Å². The summed E-state index contributed by atoms with van der Waals surface area (Å²) in [6, 6.07) is 10.0. The minimum absolute atomic E-state index is 0. The Morgan fingerprint density at radius 1 is 1.35 bits per heavy atom. The van der Waals surface area contributed by atoms with Crippen LogP contribution in [-0.2, 0) is 13.2 Å². The molecule has 0 bridgehead atoms. The molecule has 4 nitrogen and oxygen atoms in total. The lowest BCUT2D eigenvalue weighted by Gasteiger charge is -2.42. The van der Waals surface area contributed by atoms with E-state index in [0.717, 1.165) is 48.0 Å². The third-order valence-electron chi connectivity index (χ3n) is 4.92. The smallest absolute Gasteiger partial charge is 0.124 e. The molecule has 0 spiro atoms. The molecule has 1 aromatic heterocycles. The van der Waals surface area contributed by atoms with Crippen molar-refractivity contribution >= 4 is 24.0 Å². The minimum atomic E-state index is 0. The molecule has 1 fully saturated rings. The van der Waals surface area contributed by atoms with E-state index in [1.165, 1.54) is 0 Å². The van der Waals surface area contributed by atoms with Crippen molar-refractivity contribution in [2.24, 2.45) is 11.1 Å². The second kappa shape index (κ2) is 9.05. The second-order valence-electron chi connectivity index (χ2n) is 7.50. The van der Waals surface area contributed by atoms with Crippen molar-refractivity contribution in [2.75, 3.05) is 13.1 Å². The van der Waals surface area contributed by atoms with Crippen LogP contribution in [0.4, 0.5) is 0 Å². The fraction of sp³-hybridized carbons (Fsp3) is 0.450. The van der Waals surface area contributed by atoms with Crippen LogP contribution in [0.3, 0.4) is 0 Å². The molecular weight excluding hydrogens is 369 g/mol. The first-order valence-corrected chi connectivity index (χ1v) is 9.10. The molecule has 1 aliphatic rings. The zero-order valence-electron chi connectivity index (χ0n) is 15.3. The minimum Gasteiger partial charge on any atom is -0.489 e. The molecule has 0 saturated carbocycles. The molecular formula is C20H27Cl2N3O. The topological polar surface area (TPSA) is 51.4 Å². The van der Waals surface area contributed by atoms with Gasteiger partial charge in [-0.25, -0.2) is 0 Å². The van der Waals surface area contributed by atoms with E-state index >= 15 is 0 Å². The molecule has 1 atom stereocenters. The van der Waals surface area contributed by atoms with Gasteiger partial charge in [-0.2, -0.15) is 0 Å². The first-order valence-electron chi connectivity index (χ1n) is 8.72. The van der Waals surface area contributed by atoms with Crippen LogP contribution in [0, 0.1) is 5.41 Å². The average Bonchev–Trinajstić information content (AvgIpc) is 2.58. The summed E-state index contributed by atoms with van der Waals surface area (Å²) < 4.78 is 6.04. The summed E-state index contributed by atoms with van der Waals surface area (Å²) in [5.74, 6) is 0.876. The van der Waals surface area contributed by atoms with Gasteiger partial charge in [0.1, 0.15) is 12.4 Å². The Kier molecular flexibility index (Phi) is 7.30. The van der Waals surface area contributed by atoms with Crippen molar-refractivity contribution in [3.05, 3.63) is 58.9 Å². The van der Waals surface area contributed by atoms with Crippen molar-refractivity contribution in [1.82, 2.24) is 9.88 Å². The molecule has 142 valence electrons. The van der Waals surface area contributed by atoms with Gasteiger partial charge in [0.05, 0.1) is 0 Å². The zero-order valence-corrected chi connectivity index (χ0v) is 16.9. The van der Waals surface area contributed by atoms with E-state index in [4.69, 9.17) is 22.1 Å². The van der Waals surface area contributed by atoms with Gasteiger partial charge in [0.2, 0.25) is 0 Å². The maximum absolute atomic E-state index is 6.26. The standard InChI is InChI=1S/C20H26ClN3O.ClH/c1-20(2)14-24(9-7-19(20)22)12-16-10-17(21)5-6-18(16)25-13-15-4-3-8-23-11-15;/h3-6,8,10-11,19H,7,9,12-14,22H2,1-2H3;1H. The molecule has 1 saturated heterocycles. The van der Waals surface area contributed by atoms with Crippen molar-refractivity contribution in [1.29, 1.82) is 0 Å². The number of benzene rings is 1. The molecule has 0 radical (unpaired) electrons. The predicted octanol–water partition coefficient (Wildman–Crippen LogP) is 4.30. The Hall–Kier alpha value is -1.33. The van der Waals surface area contributed by atoms with Crippen LogP contribution in [0.25, 0.3) is 0 Å². The van der Waals surface area contributed by atoms with Crippen LogP contribution in [0.2, 0.25) is 5.02 Å². The van der Waals surface area contributed by atoms with Gasteiger partial charge in [0, 0.05) is 54.2 Å². The van der Waals surface area contributed by atoms with E-state index in [1.54, 1.807) is 6.20 Å². The lowest BCUT2D eigenvalue weighted by atomic mass is 9.79. The molecule has 3 rings (SSSR count). The highest BCUT2D eigenvalue weighted by molar-refractivity contribution is 6.30. The first kappa shape index (κ1) is 21.0. The number of piperidine rings is 1. The van der Waals surface area contributed by atoms with Crippen LogP contribution in [-0.4, -0.2) is 29.0 Å². The van der Waals surface area contributed by atoms with Gasteiger partial charge < -0.3 is 10.5 Å². The normalized spacial score (nSPS) is 19.6. The van der Waals surface area contributed by atoms with Crippen molar-refractivity contribution in [2.45, 2.75) is 39.5 Å². The first-order chi connectivity index (χ1) is 11.9. The number of nitrogens with two attached hydrogens (primary N) is 1. The highest BCUT2D eigenvalue weighted by Crippen LogP contribution is 2.31. The maximum atomic E-state index is 6.26. The van der Waals surface area contributed by atoms with Gasteiger partial charge in [0.25, 0.3) is 0 Å². The van der Waals surface area contributed by atoms with E-state index in [9.17, 15) is 0 Å². The Balaban J connectivity index is 0.00000243. The molecule has 26 heavy (non-hydrogen) atoms. The van der Waals surface area contributed by atoms with Gasteiger partial charge in [-0.15, -0.1) is 12.4 Å². The maximum Gasteiger partial charge on any atom is 0.124 e. The Labute approximate surface area is 167 Å². The number of aromatic nitrogens is 1. The van der Waals surface area contributed by atoms with E-state index in [-0.39, 0.29) is 23.9 Å². The Morgan fingerprint density at radius 2 is 2.15 bits per heavy atom. The fourth-order valence-corrected chi connectivity index (χ4v) is 3.51. The van der Waals surface area contributed by atoms with Crippen LogP contribution in [0.5, 0.6) is 5.75 Å². The summed E-state index contributed by atoms with van der Waals surface area (Å²) >= 11 is 6.23. The summed E-state index contributed by atoms with van der Waals surface area (Å²) in [6.45, 7) is 7.77. The lowest BCUT2D eigenvalue weighted by Crippen LogP contribution is -2.52. The van der Waals surface area contributed by atoms with Crippen molar-refractivity contribution < 1.29 is 4.74 Å². The van der Waals surface area contributed by atoms with Crippen LogP contribution in [0.1, 0.15) is 31.4 Å². The molecule has 0 amide bonds. The molecule has 2 N–H and O–H groups in total. The van der Waals surface area contributed by atoms with Crippen LogP contribution >= 0.6 is 24.0 Å². The monoisotopic (exact) mass is 395 g/mol. The molecule has 6 heteroatoms. The lowest BCUT2D eigenvalue weighted by molar-refractivity contribution is 0.0889. The zero-order chi connectivity index (χ0) is 17.9. The predicted molar refractivity (Wildman–Crippen MR) is 109 cm³/mol. The van der Waals surface area contributed by atoms with Gasteiger partial charge in [-0.1, -0.05) is 31.5 Å². The van der Waals surface area contributed by atoms with Gasteiger partial charge in [-0.05, 0) is 36.1 Å².